The van der Waals surface area contributed by atoms with Gasteiger partial charge in [0.05, 0.1) is 6.61 Å². The lowest BCUT2D eigenvalue weighted by atomic mass is 10.0. The van der Waals surface area contributed by atoms with Crippen LogP contribution in [-0.2, 0) is 16.6 Å². The third kappa shape index (κ3) is 3.89. The Hall–Kier alpha value is -0.690. The maximum Gasteiger partial charge on any atom is 0.244 e. The first-order valence-electron chi connectivity index (χ1n) is 5.75. The first-order valence-corrected chi connectivity index (χ1v) is 7.62. The van der Waals surface area contributed by atoms with E-state index in [0.717, 1.165) is 6.07 Å². The summed E-state index contributed by atoms with van der Waals surface area (Å²) in [5, 5.41) is 9.05. The second-order valence-corrected chi connectivity index (χ2v) is 6.97. The summed E-state index contributed by atoms with van der Waals surface area (Å²) in [5.74, 6) is -0.980. The van der Waals surface area contributed by atoms with E-state index in [1.165, 1.54) is 6.07 Å². The Morgan fingerprint density at radius 2 is 2.00 bits per heavy atom. The normalized spacial score (nSPS) is 12.7. The lowest BCUT2D eigenvalue weighted by molar-refractivity contribution is 0.274. The van der Waals surface area contributed by atoms with Crippen molar-refractivity contribution in [1.29, 1.82) is 0 Å². The number of aliphatic hydroxyl groups excluding tert-OH is 1. The van der Waals surface area contributed by atoms with E-state index in [9.17, 15) is 12.8 Å². The second-order valence-electron chi connectivity index (χ2n) is 4.88. The van der Waals surface area contributed by atoms with Crippen LogP contribution in [-0.4, -0.2) is 19.1 Å². The summed E-state index contributed by atoms with van der Waals surface area (Å²) in [5.41, 5.74) is -0.852. The highest BCUT2D eigenvalue weighted by Crippen LogP contribution is 2.25. The fourth-order valence-electron chi connectivity index (χ4n) is 1.42. The zero-order valence-electron chi connectivity index (χ0n) is 11.0. The van der Waals surface area contributed by atoms with Crippen LogP contribution in [0.25, 0.3) is 0 Å². The summed E-state index contributed by atoms with van der Waals surface area (Å²) < 4.78 is 40.7. The Balaban J connectivity index is 3.33. The largest absolute Gasteiger partial charge is 0.392 e. The van der Waals surface area contributed by atoms with Crippen LogP contribution in [0.1, 0.15) is 32.8 Å². The van der Waals surface area contributed by atoms with Gasteiger partial charge in [0.25, 0.3) is 0 Å². The molecule has 0 atom stereocenters. The third-order valence-corrected chi connectivity index (χ3v) is 4.75. The van der Waals surface area contributed by atoms with Crippen LogP contribution in [0.3, 0.4) is 0 Å². The van der Waals surface area contributed by atoms with E-state index in [1.807, 2.05) is 6.92 Å². The van der Waals surface area contributed by atoms with Crippen molar-refractivity contribution < 1.29 is 17.9 Å². The van der Waals surface area contributed by atoms with E-state index in [-0.39, 0.29) is 10.6 Å². The fraction of sp³-hybridized carbons (Fsp3) is 0.500. The summed E-state index contributed by atoms with van der Waals surface area (Å²) in [6.07, 6.45) is 0.543. The molecule has 0 aromatic heterocycles. The molecule has 0 heterocycles. The van der Waals surface area contributed by atoms with Crippen molar-refractivity contribution >= 4 is 21.6 Å². The molecule has 0 amide bonds. The molecule has 0 bridgehead atoms. The van der Waals surface area contributed by atoms with Crippen molar-refractivity contribution in [2.24, 2.45) is 0 Å². The molecule has 0 radical (unpaired) electrons. The van der Waals surface area contributed by atoms with Gasteiger partial charge < -0.3 is 5.11 Å². The Morgan fingerprint density at radius 3 is 2.47 bits per heavy atom. The molecule has 0 spiro atoms. The minimum Gasteiger partial charge on any atom is -0.392 e. The average Bonchev–Trinajstić information content (AvgIpc) is 2.30. The minimum atomic E-state index is -4.04. The number of rotatable bonds is 5. The molecule has 1 rings (SSSR count). The number of sulfonamides is 1. The van der Waals surface area contributed by atoms with Gasteiger partial charge in [0.2, 0.25) is 10.0 Å². The molecule has 0 aliphatic rings. The molecule has 7 heteroatoms. The number of benzene rings is 1. The summed E-state index contributed by atoms with van der Waals surface area (Å²) in [6, 6.07) is 2.23. The van der Waals surface area contributed by atoms with Crippen LogP contribution in [0.2, 0.25) is 5.02 Å². The van der Waals surface area contributed by atoms with E-state index in [4.69, 9.17) is 16.7 Å². The SMILES string of the molecule is CCC(C)(C)NS(=O)(=O)c1cc(Cl)cc(CO)c1F. The van der Waals surface area contributed by atoms with E-state index in [1.54, 1.807) is 13.8 Å². The summed E-state index contributed by atoms with van der Waals surface area (Å²) >= 11 is 5.74. The van der Waals surface area contributed by atoms with E-state index in [2.05, 4.69) is 4.72 Å². The van der Waals surface area contributed by atoms with Gasteiger partial charge in [-0.25, -0.2) is 17.5 Å². The highest BCUT2D eigenvalue weighted by Gasteiger charge is 2.28. The topological polar surface area (TPSA) is 66.4 Å². The zero-order valence-corrected chi connectivity index (χ0v) is 12.6. The standard InChI is InChI=1S/C12H17ClFNO3S/c1-4-12(2,3)15-19(17,18)10-6-9(13)5-8(7-16)11(10)14/h5-6,15-16H,4,7H2,1-3H3. The third-order valence-electron chi connectivity index (χ3n) is 2.83. The molecule has 1 aromatic rings. The van der Waals surface area contributed by atoms with E-state index >= 15 is 0 Å². The highest BCUT2D eigenvalue weighted by atomic mass is 35.5. The Kier molecular flexibility index (Phi) is 4.95. The lowest BCUT2D eigenvalue weighted by Gasteiger charge is -2.24. The maximum atomic E-state index is 14.0. The van der Waals surface area contributed by atoms with Gasteiger partial charge in [-0.3, -0.25) is 0 Å². The molecule has 19 heavy (non-hydrogen) atoms. The van der Waals surface area contributed by atoms with Gasteiger partial charge in [-0.1, -0.05) is 18.5 Å². The van der Waals surface area contributed by atoms with Crippen molar-refractivity contribution in [2.75, 3.05) is 0 Å². The van der Waals surface area contributed by atoms with Crippen LogP contribution in [0.4, 0.5) is 4.39 Å². The van der Waals surface area contributed by atoms with Crippen LogP contribution in [0.15, 0.2) is 17.0 Å². The summed E-state index contributed by atoms with van der Waals surface area (Å²) in [6.45, 7) is 4.59. The molecule has 108 valence electrons. The van der Waals surface area contributed by atoms with E-state index in [0.29, 0.717) is 6.42 Å². The summed E-state index contributed by atoms with van der Waals surface area (Å²) in [7, 11) is -4.04. The van der Waals surface area contributed by atoms with Crippen molar-refractivity contribution in [3.8, 4) is 0 Å². The van der Waals surface area contributed by atoms with Crippen molar-refractivity contribution in [1.82, 2.24) is 4.72 Å². The maximum absolute atomic E-state index is 14.0. The van der Waals surface area contributed by atoms with Gasteiger partial charge in [0.1, 0.15) is 10.7 Å². The molecular formula is C12H17ClFNO3S. The Morgan fingerprint density at radius 1 is 1.42 bits per heavy atom. The molecule has 0 aliphatic heterocycles. The first-order chi connectivity index (χ1) is 8.63. The lowest BCUT2D eigenvalue weighted by Crippen LogP contribution is -2.43. The molecule has 0 unspecified atom stereocenters. The van der Waals surface area contributed by atoms with Crippen LogP contribution in [0.5, 0.6) is 0 Å². The molecule has 1 aromatic carbocycles. The number of nitrogens with one attached hydrogen (secondary N) is 1. The highest BCUT2D eigenvalue weighted by molar-refractivity contribution is 7.89. The smallest absolute Gasteiger partial charge is 0.244 e. The molecular weight excluding hydrogens is 293 g/mol. The quantitative estimate of drug-likeness (QED) is 0.878. The monoisotopic (exact) mass is 309 g/mol. The number of hydrogen-bond acceptors (Lipinski definition) is 3. The Labute approximate surface area is 117 Å². The molecule has 0 aliphatic carbocycles. The minimum absolute atomic E-state index is 0.0557. The Bertz CT molecular complexity index is 573. The molecule has 0 saturated carbocycles. The van der Waals surface area contributed by atoms with Gasteiger partial charge >= 0.3 is 0 Å². The van der Waals surface area contributed by atoms with Crippen molar-refractivity contribution in [3.05, 3.63) is 28.5 Å². The predicted octanol–water partition coefficient (Wildman–Crippen LogP) is 2.44. The predicted molar refractivity (Wildman–Crippen MR) is 72.0 cm³/mol. The van der Waals surface area contributed by atoms with Gasteiger partial charge in [-0.15, -0.1) is 0 Å². The first kappa shape index (κ1) is 16.4. The zero-order chi connectivity index (χ0) is 14.8. The van der Waals surface area contributed by atoms with Crippen molar-refractivity contribution in [3.63, 3.8) is 0 Å². The fourth-order valence-corrected chi connectivity index (χ4v) is 3.36. The molecule has 2 N–H and O–H groups in total. The number of halogens is 2. The number of hydrogen-bond donors (Lipinski definition) is 2. The number of aliphatic hydroxyl groups is 1. The van der Waals surface area contributed by atoms with Gasteiger partial charge in [0, 0.05) is 16.1 Å². The van der Waals surface area contributed by atoms with Crippen LogP contribution < -0.4 is 4.72 Å². The molecule has 0 fully saturated rings. The second kappa shape index (κ2) is 5.75. The van der Waals surface area contributed by atoms with Gasteiger partial charge in [-0.2, -0.15) is 0 Å². The molecule has 4 nitrogen and oxygen atoms in total. The van der Waals surface area contributed by atoms with Gasteiger partial charge in [0.15, 0.2) is 0 Å². The van der Waals surface area contributed by atoms with Gasteiger partial charge in [-0.05, 0) is 32.4 Å². The van der Waals surface area contributed by atoms with Crippen molar-refractivity contribution in [2.45, 2.75) is 44.2 Å². The van der Waals surface area contributed by atoms with E-state index < -0.39 is 32.9 Å². The molecule has 0 saturated heterocycles. The van der Waals surface area contributed by atoms with Crippen LogP contribution in [0, 0.1) is 5.82 Å². The average molecular weight is 310 g/mol. The van der Waals surface area contributed by atoms with Crippen LogP contribution >= 0.6 is 11.6 Å². The summed E-state index contributed by atoms with van der Waals surface area (Å²) in [4.78, 5) is -0.550.